The Labute approximate surface area is 198 Å². The fraction of sp³-hybridized carbons (Fsp3) is 0.130. The minimum Gasteiger partial charge on any atom is -0.283 e. The molecule has 2 aromatic heterocycles. The van der Waals surface area contributed by atoms with Crippen LogP contribution in [-0.2, 0) is 17.1 Å². The molecular weight excluding hydrogens is 464 g/mol. The van der Waals surface area contributed by atoms with Gasteiger partial charge in [-0.3, -0.25) is 19.1 Å². The lowest BCUT2D eigenvalue weighted by atomic mass is 10.2. The number of halogens is 1. The van der Waals surface area contributed by atoms with E-state index in [1.807, 2.05) is 35.7 Å². The van der Waals surface area contributed by atoms with Gasteiger partial charge in [0.2, 0.25) is 5.91 Å². The summed E-state index contributed by atoms with van der Waals surface area (Å²) in [6, 6.07) is 14.5. The second-order valence-corrected chi connectivity index (χ2v) is 9.08. The maximum atomic E-state index is 12.9. The van der Waals surface area contributed by atoms with Gasteiger partial charge in [0.15, 0.2) is 10.3 Å². The van der Waals surface area contributed by atoms with Gasteiger partial charge in [0.25, 0.3) is 5.56 Å². The van der Waals surface area contributed by atoms with Crippen molar-refractivity contribution >= 4 is 62.3 Å². The molecular formula is C23H19ClN4O2S2. The highest BCUT2D eigenvalue weighted by Crippen LogP contribution is 2.31. The second-order valence-electron chi connectivity index (χ2n) is 6.86. The number of hydrogen-bond acceptors (Lipinski definition) is 6. The minimum atomic E-state index is -0.139. The smallest absolute Gasteiger partial charge is 0.262 e. The quantitative estimate of drug-likeness (QED) is 0.193. The molecule has 4 rings (SSSR count). The van der Waals surface area contributed by atoms with Crippen LogP contribution in [0.15, 0.2) is 76.5 Å². The van der Waals surface area contributed by atoms with Crippen molar-refractivity contribution < 1.29 is 4.79 Å². The highest BCUT2D eigenvalue weighted by Gasteiger charge is 2.18. The number of allylic oxidation sites excluding steroid dienone is 1. The van der Waals surface area contributed by atoms with Gasteiger partial charge in [0.1, 0.15) is 0 Å². The topological polar surface area (TPSA) is 68.1 Å². The SMILES string of the molecule is C=CCn1c(SCc2csc(N(C(C)=O)c3ccccc3)n2)nc2cc(Cl)ccc2c1=O. The molecule has 1 amide bonds. The number of para-hydroxylation sites is 1. The zero-order valence-corrected chi connectivity index (χ0v) is 19.6. The Morgan fingerprint density at radius 3 is 2.75 bits per heavy atom. The lowest BCUT2D eigenvalue weighted by Gasteiger charge is -2.17. The fourth-order valence-electron chi connectivity index (χ4n) is 3.18. The van der Waals surface area contributed by atoms with Crippen molar-refractivity contribution in [2.45, 2.75) is 24.4 Å². The largest absolute Gasteiger partial charge is 0.283 e. The molecule has 32 heavy (non-hydrogen) atoms. The number of benzene rings is 2. The molecule has 9 heteroatoms. The molecule has 0 spiro atoms. The summed E-state index contributed by atoms with van der Waals surface area (Å²) in [6.07, 6.45) is 1.67. The average molecular weight is 483 g/mol. The second kappa shape index (κ2) is 9.68. The van der Waals surface area contributed by atoms with Crippen LogP contribution in [0.5, 0.6) is 0 Å². The van der Waals surface area contributed by atoms with Crippen molar-refractivity contribution in [2.24, 2.45) is 0 Å². The van der Waals surface area contributed by atoms with Gasteiger partial charge in [-0.15, -0.1) is 17.9 Å². The predicted molar refractivity (Wildman–Crippen MR) is 132 cm³/mol. The predicted octanol–water partition coefficient (Wildman–Crippen LogP) is 5.67. The van der Waals surface area contributed by atoms with Crippen molar-refractivity contribution in [3.63, 3.8) is 0 Å². The third kappa shape index (κ3) is 4.62. The maximum absolute atomic E-state index is 12.9. The van der Waals surface area contributed by atoms with Crippen molar-refractivity contribution in [3.8, 4) is 0 Å². The first kappa shape index (κ1) is 22.3. The number of amides is 1. The molecule has 0 unspecified atom stereocenters. The molecule has 0 atom stereocenters. The van der Waals surface area contributed by atoms with Crippen LogP contribution in [0.2, 0.25) is 5.02 Å². The van der Waals surface area contributed by atoms with Crippen LogP contribution >= 0.6 is 34.7 Å². The summed E-state index contributed by atoms with van der Waals surface area (Å²) < 4.78 is 1.59. The van der Waals surface area contributed by atoms with Crippen molar-refractivity contribution in [2.75, 3.05) is 4.90 Å². The average Bonchev–Trinajstić information content (AvgIpc) is 3.23. The van der Waals surface area contributed by atoms with Crippen molar-refractivity contribution in [3.05, 3.63) is 87.6 Å². The van der Waals surface area contributed by atoms with Gasteiger partial charge >= 0.3 is 0 Å². The Hall–Kier alpha value is -2.94. The molecule has 0 fully saturated rings. The lowest BCUT2D eigenvalue weighted by Crippen LogP contribution is -2.23. The Morgan fingerprint density at radius 1 is 1.25 bits per heavy atom. The number of thioether (sulfide) groups is 1. The van der Waals surface area contributed by atoms with Gasteiger partial charge in [-0.1, -0.05) is 47.6 Å². The summed E-state index contributed by atoms with van der Waals surface area (Å²) >= 11 is 8.90. The number of nitrogens with zero attached hydrogens (tertiary/aromatic N) is 4. The Kier molecular flexibility index (Phi) is 6.74. The number of carbonyl (C=O) groups excluding carboxylic acids is 1. The molecule has 0 saturated heterocycles. The molecule has 2 aromatic carbocycles. The van der Waals surface area contributed by atoms with E-state index in [0.717, 1.165) is 11.4 Å². The summed E-state index contributed by atoms with van der Waals surface area (Å²) in [6.45, 7) is 5.62. The number of carbonyl (C=O) groups is 1. The van der Waals surface area contributed by atoms with Gasteiger partial charge in [-0.2, -0.15) is 0 Å². The first-order valence-corrected chi connectivity index (χ1v) is 12.0. The van der Waals surface area contributed by atoms with Crippen LogP contribution in [0.4, 0.5) is 10.8 Å². The summed E-state index contributed by atoms with van der Waals surface area (Å²) in [7, 11) is 0. The molecule has 162 valence electrons. The van der Waals surface area contributed by atoms with E-state index in [0.29, 0.717) is 38.5 Å². The van der Waals surface area contributed by atoms with Crippen LogP contribution in [-0.4, -0.2) is 20.4 Å². The molecule has 0 aliphatic rings. The van der Waals surface area contributed by atoms with E-state index < -0.39 is 0 Å². The molecule has 0 N–H and O–H groups in total. The third-order valence-electron chi connectivity index (χ3n) is 4.60. The monoisotopic (exact) mass is 482 g/mol. The van der Waals surface area contributed by atoms with Gasteiger partial charge in [0.05, 0.1) is 22.3 Å². The van der Waals surface area contributed by atoms with E-state index in [4.69, 9.17) is 11.6 Å². The van der Waals surface area contributed by atoms with Gasteiger partial charge < -0.3 is 0 Å². The normalized spacial score (nSPS) is 10.9. The molecule has 4 aromatic rings. The highest BCUT2D eigenvalue weighted by molar-refractivity contribution is 7.98. The van der Waals surface area contributed by atoms with Gasteiger partial charge in [-0.25, -0.2) is 9.97 Å². The molecule has 0 radical (unpaired) electrons. The zero-order chi connectivity index (χ0) is 22.7. The number of anilines is 2. The molecule has 0 bridgehead atoms. The number of rotatable bonds is 7. The molecule has 6 nitrogen and oxygen atoms in total. The first-order valence-electron chi connectivity index (χ1n) is 9.72. The van der Waals surface area contributed by atoms with Crippen LogP contribution in [0.3, 0.4) is 0 Å². The van der Waals surface area contributed by atoms with E-state index in [1.165, 1.54) is 30.0 Å². The Balaban J connectivity index is 1.62. The third-order valence-corrected chi connectivity index (χ3v) is 6.72. The minimum absolute atomic E-state index is 0.113. The number of fused-ring (bicyclic) bond motifs is 1. The van der Waals surface area contributed by atoms with E-state index in [1.54, 1.807) is 33.7 Å². The summed E-state index contributed by atoms with van der Waals surface area (Å²) in [4.78, 5) is 36.1. The van der Waals surface area contributed by atoms with Crippen LogP contribution < -0.4 is 10.5 Å². The van der Waals surface area contributed by atoms with E-state index in [9.17, 15) is 9.59 Å². The summed E-state index contributed by atoms with van der Waals surface area (Å²) in [5, 5.41) is 4.11. The van der Waals surface area contributed by atoms with Crippen molar-refractivity contribution in [1.29, 1.82) is 0 Å². The maximum Gasteiger partial charge on any atom is 0.262 e. The number of hydrogen-bond donors (Lipinski definition) is 0. The standard InChI is InChI=1S/C23H19ClN4O2S2/c1-3-11-27-21(30)19-10-9-16(24)12-20(19)26-22(27)31-13-17-14-32-23(25-17)28(15(2)29)18-7-5-4-6-8-18/h3-10,12,14H,1,11,13H2,2H3. The van der Waals surface area contributed by atoms with Crippen molar-refractivity contribution in [1.82, 2.24) is 14.5 Å². The number of thiazole rings is 1. The van der Waals surface area contributed by atoms with Gasteiger partial charge in [0, 0.05) is 29.6 Å². The molecule has 0 aliphatic heterocycles. The summed E-state index contributed by atoms with van der Waals surface area (Å²) in [5.41, 5.74) is 1.97. The van der Waals surface area contributed by atoms with Crippen LogP contribution in [0, 0.1) is 0 Å². The Bertz CT molecular complexity index is 1350. The first-order chi connectivity index (χ1) is 15.5. The van der Waals surface area contributed by atoms with E-state index in [-0.39, 0.29) is 11.5 Å². The molecule has 2 heterocycles. The number of aromatic nitrogens is 3. The van der Waals surface area contributed by atoms with Crippen LogP contribution in [0.25, 0.3) is 10.9 Å². The zero-order valence-electron chi connectivity index (χ0n) is 17.2. The Morgan fingerprint density at radius 2 is 2.03 bits per heavy atom. The molecule has 0 aliphatic carbocycles. The van der Waals surface area contributed by atoms with Gasteiger partial charge in [-0.05, 0) is 30.3 Å². The molecule has 0 saturated carbocycles. The van der Waals surface area contributed by atoms with E-state index in [2.05, 4.69) is 16.5 Å². The summed E-state index contributed by atoms with van der Waals surface area (Å²) in [5.74, 6) is 0.379. The van der Waals surface area contributed by atoms with E-state index >= 15 is 0 Å². The fourth-order valence-corrected chi connectivity index (χ4v) is 5.24. The van der Waals surface area contributed by atoms with Crippen LogP contribution in [0.1, 0.15) is 12.6 Å². The highest BCUT2D eigenvalue weighted by atomic mass is 35.5. The lowest BCUT2D eigenvalue weighted by molar-refractivity contribution is -0.115.